The zero-order valence-electron chi connectivity index (χ0n) is 8.32. The van der Waals surface area contributed by atoms with Crippen LogP contribution in [0.3, 0.4) is 0 Å². The van der Waals surface area contributed by atoms with E-state index in [1.54, 1.807) is 6.20 Å². The van der Waals surface area contributed by atoms with Crippen LogP contribution in [0, 0.1) is 5.92 Å². The second kappa shape index (κ2) is 4.90. The monoisotopic (exact) mass is 227 g/mol. The molecule has 2 atom stereocenters. The summed E-state index contributed by atoms with van der Waals surface area (Å²) < 4.78 is 5.34. The molecule has 1 fully saturated rings. The van der Waals surface area contributed by atoms with Crippen LogP contribution < -0.4 is 11.3 Å². The lowest BCUT2D eigenvalue weighted by Gasteiger charge is -2.20. The van der Waals surface area contributed by atoms with E-state index in [1.807, 2.05) is 12.1 Å². The molecule has 2 rings (SSSR count). The SMILES string of the molecule is NNC(c1ccc(Cl)cn1)C1CCOC1. The summed E-state index contributed by atoms with van der Waals surface area (Å²) in [4.78, 5) is 4.26. The van der Waals surface area contributed by atoms with Crippen molar-refractivity contribution >= 4 is 11.6 Å². The number of nitrogens with zero attached hydrogens (tertiary/aromatic N) is 1. The Morgan fingerprint density at radius 3 is 3.00 bits per heavy atom. The molecule has 1 aromatic heterocycles. The van der Waals surface area contributed by atoms with Gasteiger partial charge < -0.3 is 4.74 Å². The fourth-order valence-corrected chi connectivity index (χ4v) is 1.96. The number of hydrogen-bond acceptors (Lipinski definition) is 4. The molecule has 0 aliphatic carbocycles. The third-order valence-electron chi connectivity index (χ3n) is 2.68. The minimum absolute atomic E-state index is 0.0461. The molecular weight excluding hydrogens is 214 g/mol. The number of hydrazine groups is 1. The van der Waals surface area contributed by atoms with Gasteiger partial charge in [0.1, 0.15) is 0 Å². The van der Waals surface area contributed by atoms with E-state index in [0.717, 1.165) is 25.3 Å². The highest BCUT2D eigenvalue weighted by Gasteiger charge is 2.26. The van der Waals surface area contributed by atoms with Crippen molar-refractivity contribution in [2.24, 2.45) is 11.8 Å². The van der Waals surface area contributed by atoms with Gasteiger partial charge in [-0.05, 0) is 18.6 Å². The van der Waals surface area contributed by atoms with Crippen molar-refractivity contribution in [2.75, 3.05) is 13.2 Å². The van der Waals surface area contributed by atoms with Gasteiger partial charge in [-0.2, -0.15) is 0 Å². The van der Waals surface area contributed by atoms with Crippen LogP contribution in [0.5, 0.6) is 0 Å². The first-order chi connectivity index (χ1) is 7.31. The average molecular weight is 228 g/mol. The van der Waals surface area contributed by atoms with Gasteiger partial charge in [-0.1, -0.05) is 11.6 Å². The van der Waals surface area contributed by atoms with E-state index < -0.39 is 0 Å². The topological polar surface area (TPSA) is 60.2 Å². The lowest BCUT2D eigenvalue weighted by atomic mass is 9.96. The van der Waals surface area contributed by atoms with Gasteiger partial charge in [0.25, 0.3) is 0 Å². The van der Waals surface area contributed by atoms with E-state index in [9.17, 15) is 0 Å². The zero-order chi connectivity index (χ0) is 10.7. The van der Waals surface area contributed by atoms with Gasteiger partial charge in [0.2, 0.25) is 0 Å². The van der Waals surface area contributed by atoms with Crippen molar-refractivity contribution in [1.29, 1.82) is 0 Å². The molecule has 1 saturated heterocycles. The molecule has 0 spiro atoms. The van der Waals surface area contributed by atoms with Crippen LogP contribution in [0.1, 0.15) is 18.2 Å². The number of ether oxygens (including phenoxy) is 1. The number of nitrogens with two attached hydrogens (primary N) is 1. The third kappa shape index (κ3) is 2.46. The van der Waals surface area contributed by atoms with Crippen molar-refractivity contribution in [3.63, 3.8) is 0 Å². The summed E-state index contributed by atoms with van der Waals surface area (Å²) in [5.74, 6) is 5.94. The normalized spacial score (nSPS) is 22.9. The summed E-state index contributed by atoms with van der Waals surface area (Å²) in [6, 6.07) is 3.76. The highest BCUT2D eigenvalue weighted by Crippen LogP contribution is 2.27. The molecular formula is C10H14ClN3O. The molecule has 2 unspecified atom stereocenters. The molecule has 0 aromatic carbocycles. The summed E-state index contributed by atoms with van der Waals surface area (Å²) in [5.41, 5.74) is 3.71. The first-order valence-corrected chi connectivity index (χ1v) is 5.34. The van der Waals surface area contributed by atoms with Crippen LogP contribution in [0.2, 0.25) is 5.02 Å². The lowest BCUT2D eigenvalue weighted by Crippen LogP contribution is -2.34. The predicted molar refractivity (Wildman–Crippen MR) is 58.2 cm³/mol. The zero-order valence-corrected chi connectivity index (χ0v) is 9.07. The number of halogens is 1. The van der Waals surface area contributed by atoms with Crippen LogP contribution in [0.4, 0.5) is 0 Å². The average Bonchev–Trinajstić information content (AvgIpc) is 2.75. The Morgan fingerprint density at radius 1 is 1.60 bits per heavy atom. The fraction of sp³-hybridized carbons (Fsp3) is 0.500. The van der Waals surface area contributed by atoms with E-state index in [0.29, 0.717) is 10.9 Å². The maximum absolute atomic E-state index is 5.78. The van der Waals surface area contributed by atoms with Crippen LogP contribution in [0.15, 0.2) is 18.3 Å². The van der Waals surface area contributed by atoms with Gasteiger partial charge in [0.15, 0.2) is 0 Å². The van der Waals surface area contributed by atoms with Gasteiger partial charge in [0.05, 0.1) is 23.4 Å². The Kier molecular flexibility index (Phi) is 3.53. The highest BCUT2D eigenvalue weighted by molar-refractivity contribution is 6.30. The number of nitrogens with one attached hydrogen (secondary N) is 1. The Bertz CT molecular complexity index is 311. The van der Waals surface area contributed by atoms with Gasteiger partial charge in [-0.25, -0.2) is 0 Å². The summed E-state index contributed by atoms with van der Waals surface area (Å²) in [6.07, 6.45) is 2.65. The van der Waals surface area contributed by atoms with E-state index >= 15 is 0 Å². The summed E-state index contributed by atoms with van der Waals surface area (Å²) in [5, 5.41) is 0.636. The van der Waals surface area contributed by atoms with Crippen LogP contribution >= 0.6 is 11.6 Å². The Hall–Kier alpha value is -0.680. The smallest absolute Gasteiger partial charge is 0.0683 e. The number of pyridine rings is 1. The second-order valence-electron chi connectivity index (χ2n) is 3.67. The maximum Gasteiger partial charge on any atom is 0.0683 e. The number of aromatic nitrogens is 1. The summed E-state index contributed by atoms with van der Waals surface area (Å²) in [6.45, 7) is 1.54. The standard InChI is InChI=1S/C10H14ClN3O/c11-8-1-2-9(13-5-8)10(14-12)7-3-4-15-6-7/h1-2,5,7,10,14H,3-4,6,12H2. The lowest BCUT2D eigenvalue weighted by molar-refractivity contribution is 0.176. The molecule has 15 heavy (non-hydrogen) atoms. The Labute approximate surface area is 93.7 Å². The predicted octanol–water partition coefficient (Wildman–Crippen LogP) is 1.28. The van der Waals surface area contributed by atoms with Crippen LogP contribution in [-0.4, -0.2) is 18.2 Å². The molecule has 2 heterocycles. The molecule has 3 N–H and O–H groups in total. The van der Waals surface area contributed by atoms with Gasteiger partial charge in [0, 0.05) is 18.7 Å². The van der Waals surface area contributed by atoms with E-state index in [-0.39, 0.29) is 6.04 Å². The number of hydrogen-bond donors (Lipinski definition) is 2. The van der Waals surface area contributed by atoms with Crippen molar-refractivity contribution < 1.29 is 4.74 Å². The second-order valence-corrected chi connectivity index (χ2v) is 4.11. The molecule has 0 amide bonds. The minimum atomic E-state index is 0.0461. The third-order valence-corrected chi connectivity index (χ3v) is 2.91. The number of rotatable bonds is 3. The molecule has 0 saturated carbocycles. The van der Waals surface area contributed by atoms with Crippen molar-refractivity contribution in [3.05, 3.63) is 29.0 Å². The van der Waals surface area contributed by atoms with E-state index in [2.05, 4.69) is 10.4 Å². The summed E-state index contributed by atoms with van der Waals surface area (Å²) in [7, 11) is 0. The largest absolute Gasteiger partial charge is 0.381 e. The molecule has 1 aromatic rings. The quantitative estimate of drug-likeness (QED) is 0.603. The van der Waals surface area contributed by atoms with Crippen LogP contribution in [0.25, 0.3) is 0 Å². The van der Waals surface area contributed by atoms with Crippen LogP contribution in [-0.2, 0) is 4.74 Å². The molecule has 4 nitrogen and oxygen atoms in total. The molecule has 82 valence electrons. The summed E-state index contributed by atoms with van der Waals surface area (Å²) >= 11 is 5.78. The van der Waals surface area contributed by atoms with Gasteiger partial charge in [-0.15, -0.1) is 0 Å². The first-order valence-electron chi connectivity index (χ1n) is 4.96. The van der Waals surface area contributed by atoms with Crippen molar-refractivity contribution in [3.8, 4) is 0 Å². The molecule has 0 bridgehead atoms. The fourth-order valence-electron chi connectivity index (χ4n) is 1.85. The maximum atomic E-state index is 5.78. The molecule has 1 aliphatic heterocycles. The first kappa shape index (κ1) is 10.8. The van der Waals surface area contributed by atoms with Crippen molar-refractivity contribution in [2.45, 2.75) is 12.5 Å². The molecule has 5 heteroatoms. The van der Waals surface area contributed by atoms with Crippen molar-refractivity contribution in [1.82, 2.24) is 10.4 Å². The van der Waals surface area contributed by atoms with Gasteiger partial charge in [-0.3, -0.25) is 16.3 Å². The van der Waals surface area contributed by atoms with E-state index in [4.69, 9.17) is 22.2 Å². The van der Waals surface area contributed by atoms with Gasteiger partial charge >= 0.3 is 0 Å². The minimum Gasteiger partial charge on any atom is -0.381 e. The molecule has 0 radical (unpaired) electrons. The Balaban J connectivity index is 2.14. The highest BCUT2D eigenvalue weighted by atomic mass is 35.5. The Morgan fingerprint density at radius 2 is 2.47 bits per heavy atom. The molecule has 1 aliphatic rings. The van der Waals surface area contributed by atoms with E-state index in [1.165, 1.54) is 0 Å².